The van der Waals surface area contributed by atoms with E-state index in [1.54, 1.807) is 6.20 Å². The molecule has 0 atom stereocenters. The van der Waals surface area contributed by atoms with Crippen LogP contribution in [0, 0.1) is 14.9 Å². The first-order valence-corrected chi connectivity index (χ1v) is 6.78. The van der Waals surface area contributed by atoms with Crippen LogP contribution in [0.3, 0.4) is 0 Å². The van der Waals surface area contributed by atoms with E-state index in [0.29, 0.717) is 11.4 Å². The number of nitriles is 1. The number of aromatic nitrogens is 1. The van der Waals surface area contributed by atoms with Gasteiger partial charge in [-0.1, -0.05) is 0 Å². The van der Waals surface area contributed by atoms with Crippen molar-refractivity contribution < 1.29 is 0 Å². The molecule has 2 aromatic rings. The van der Waals surface area contributed by atoms with Gasteiger partial charge in [0.1, 0.15) is 17.5 Å². The minimum atomic E-state index is 0.547. The zero-order valence-corrected chi connectivity index (χ0v) is 12.8. The molecule has 0 unspecified atom stereocenters. The van der Waals surface area contributed by atoms with Gasteiger partial charge in [-0.15, -0.1) is 0 Å². The van der Waals surface area contributed by atoms with Crippen molar-refractivity contribution in [1.82, 2.24) is 4.98 Å². The molecule has 2 rings (SSSR count). The minimum Gasteiger partial charge on any atom is -0.376 e. The lowest BCUT2D eigenvalue weighted by Gasteiger charge is -2.16. The number of benzene rings is 1. The Bertz CT molecular complexity index is 614. The van der Waals surface area contributed by atoms with Gasteiger partial charge in [-0.25, -0.2) is 4.98 Å². The third-order valence-corrected chi connectivity index (χ3v) is 3.35. The van der Waals surface area contributed by atoms with E-state index in [9.17, 15) is 5.26 Å². The van der Waals surface area contributed by atoms with Crippen LogP contribution in [0.1, 0.15) is 5.56 Å². The van der Waals surface area contributed by atoms with Gasteiger partial charge in [-0.2, -0.15) is 5.26 Å². The fraction of sp³-hybridized carbons (Fsp3) is 0.143. The summed E-state index contributed by atoms with van der Waals surface area (Å²) in [5.74, 6) is 0.579. The van der Waals surface area contributed by atoms with Crippen LogP contribution in [0.5, 0.6) is 0 Å². The maximum atomic E-state index is 9.31. The molecule has 4 nitrogen and oxygen atoms in total. The lowest BCUT2D eigenvalue weighted by atomic mass is 10.2. The summed E-state index contributed by atoms with van der Waals surface area (Å²) >= 11 is 2.25. The monoisotopic (exact) mass is 364 g/mol. The molecule has 0 fully saturated rings. The summed E-state index contributed by atoms with van der Waals surface area (Å²) in [5, 5.41) is 12.5. The van der Waals surface area contributed by atoms with Crippen molar-refractivity contribution in [3.8, 4) is 6.07 Å². The van der Waals surface area contributed by atoms with Crippen molar-refractivity contribution in [1.29, 1.82) is 5.26 Å². The zero-order valence-electron chi connectivity index (χ0n) is 10.7. The Balaban J connectivity index is 2.38. The molecule has 5 heteroatoms. The second kappa shape index (κ2) is 5.89. The van der Waals surface area contributed by atoms with Crippen molar-refractivity contribution >= 4 is 39.8 Å². The molecule has 1 heterocycles. The van der Waals surface area contributed by atoms with E-state index in [4.69, 9.17) is 0 Å². The second-order valence-electron chi connectivity index (χ2n) is 4.19. The highest BCUT2D eigenvalue weighted by Crippen LogP contribution is 2.26. The van der Waals surface area contributed by atoms with Crippen molar-refractivity contribution in [3.05, 3.63) is 45.7 Å². The number of anilines is 3. The number of rotatable bonds is 3. The van der Waals surface area contributed by atoms with Gasteiger partial charge in [0.2, 0.25) is 0 Å². The number of hydrogen-bond donors (Lipinski definition) is 1. The summed E-state index contributed by atoms with van der Waals surface area (Å²) in [4.78, 5) is 6.15. The summed E-state index contributed by atoms with van der Waals surface area (Å²) in [5.41, 5.74) is 2.32. The Morgan fingerprint density at radius 1 is 1.21 bits per heavy atom. The summed E-state index contributed by atoms with van der Waals surface area (Å²) in [7, 11) is 3.82. The van der Waals surface area contributed by atoms with Crippen molar-refractivity contribution in [2.75, 3.05) is 24.3 Å². The lowest BCUT2D eigenvalue weighted by Crippen LogP contribution is -2.12. The van der Waals surface area contributed by atoms with E-state index < -0.39 is 0 Å². The average Bonchev–Trinajstić information content (AvgIpc) is 2.41. The van der Waals surface area contributed by atoms with Crippen LogP contribution in [-0.4, -0.2) is 19.1 Å². The van der Waals surface area contributed by atoms with Gasteiger partial charge in [0.05, 0.1) is 5.69 Å². The third-order valence-electron chi connectivity index (χ3n) is 2.63. The Morgan fingerprint density at radius 2 is 1.89 bits per heavy atom. The molecule has 1 N–H and O–H groups in total. The van der Waals surface area contributed by atoms with Crippen LogP contribution in [0.2, 0.25) is 0 Å². The maximum absolute atomic E-state index is 9.31. The molecule has 0 spiro atoms. The normalized spacial score (nSPS) is 9.79. The topological polar surface area (TPSA) is 52.0 Å². The summed E-state index contributed by atoms with van der Waals surface area (Å²) in [6, 6.07) is 12.0. The van der Waals surface area contributed by atoms with Gasteiger partial charge < -0.3 is 10.2 Å². The highest BCUT2D eigenvalue weighted by atomic mass is 127. The van der Waals surface area contributed by atoms with E-state index in [-0.39, 0.29) is 0 Å². The first-order valence-electron chi connectivity index (χ1n) is 5.71. The molecule has 19 heavy (non-hydrogen) atoms. The van der Waals surface area contributed by atoms with Gasteiger partial charge >= 0.3 is 0 Å². The quantitative estimate of drug-likeness (QED) is 0.849. The molecular weight excluding hydrogens is 351 g/mol. The van der Waals surface area contributed by atoms with Crippen molar-refractivity contribution in [3.63, 3.8) is 0 Å². The highest BCUT2D eigenvalue weighted by Gasteiger charge is 2.11. The molecule has 1 aromatic carbocycles. The molecule has 96 valence electrons. The Kier molecular flexibility index (Phi) is 4.22. The smallest absolute Gasteiger partial charge is 0.150 e. The van der Waals surface area contributed by atoms with Crippen molar-refractivity contribution in [2.24, 2.45) is 0 Å². The molecule has 0 radical (unpaired) electrons. The summed E-state index contributed by atoms with van der Waals surface area (Å²) < 4.78 is 1.17. The molecule has 0 saturated carbocycles. The number of hydrogen-bond acceptors (Lipinski definition) is 4. The Morgan fingerprint density at radius 3 is 2.47 bits per heavy atom. The summed E-state index contributed by atoms with van der Waals surface area (Å²) in [6.07, 6.45) is 1.70. The van der Waals surface area contributed by atoms with Crippen LogP contribution in [-0.2, 0) is 0 Å². The van der Waals surface area contributed by atoms with E-state index in [1.165, 1.54) is 3.57 Å². The molecule has 0 aliphatic carbocycles. The standard InChI is InChI=1S/C14H13IN4/c1-19(2)13-7-8-17-14(12(13)9-16)18-11-5-3-10(15)4-6-11/h3-8H,1-2H3,(H,17,18). The van der Waals surface area contributed by atoms with Gasteiger partial charge in [0.25, 0.3) is 0 Å². The van der Waals surface area contributed by atoms with Gasteiger partial charge in [0, 0.05) is 29.5 Å². The number of pyridine rings is 1. The van der Waals surface area contributed by atoms with Crippen LogP contribution >= 0.6 is 22.6 Å². The van der Waals surface area contributed by atoms with Crippen LogP contribution < -0.4 is 10.2 Å². The second-order valence-corrected chi connectivity index (χ2v) is 5.44. The van der Waals surface area contributed by atoms with E-state index >= 15 is 0 Å². The van der Waals surface area contributed by atoms with E-state index in [1.807, 2.05) is 49.3 Å². The molecule has 0 aliphatic heterocycles. The predicted molar refractivity (Wildman–Crippen MR) is 85.7 cm³/mol. The molecule has 0 aliphatic rings. The number of nitrogens with zero attached hydrogens (tertiary/aromatic N) is 3. The first-order chi connectivity index (χ1) is 9.11. The number of halogens is 1. The highest BCUT2D eigenvalue weighted by molar-refractivity contribution is 14.1. The largest absolute Gasteiger partial charge is 0.376 e. The van der Waals surface area contributed by atoms with Crippen LogP contribution in [0.15, 0.2) is 36.5 Å². The number of nitrogens with one attached hydrogen (secondary N) is 1. The van der Waals surface area contributed by atoms with Crippen molar-refractivity contribution in [2.45, 2.75) is 0 Å². The molecule has 0 saturated heterocycles. The zero-order chi connectivity index (χ0) is 13.8. The van der Waals surface area contributed by atoms with E-state index in [0.717, 1.165) is 11.4 Å². The fourth-order valence-electron chi connectivity index (χ4n) is 1.70. The lowest BCUT2D eigenvalue weighted by molar-refractivity contribution is 1.11. The van der Waals surface area contributed by atoms with Crippen LogP contribution in [0.4, 0.5) is 17.2 Å². The third kappa shape index (κ3) is 3.15. The minimum absolute atomic E-state index is 0.547. The molecule has 1 aromatic heterocycles. The first kappa shape index (κ1) is 13.6. The van der Waals surface area contributed by atoms with Gasteiger partial charge in [-0.3, -0.25) is 0 Å². The fourth-order valence-corrected chi connectivity index (χ4v) is 2.06. The molecule has 0 amide bonds. The Hall–Kier alpha value is -1.81. The Labute approximate surface area is 126 Å². The summed E-state index contributed by atoms with van der Waals surface area (Å²) in [6.45, 7) is 0. The molecule has 0 bridgehead atoms. The van der Waals surface area contributed by atoms with E-state index in [2.05, 4.69) is 39.0 Å². The van der Waals surface area contributed by atoms with Gasteiger partial charge in [-0.05, 0) is 52.9 Å². The average molecular weight is 364 g/mol. The maximum Gasteiger partial charge on any atom is 0.150 e. The van der Waals surface area contributed by atoms with Gasteiger partial charge in [0.15, 0.2) is 0 Å². The molecular formula is C14H13IN4. The van der Waals surface area contributed by atoms with Crippen LogP contribution in [0.25, 0.3) is 0 Å². The predicted octanol–water partition coefficient (Wildman–Crippen LogP) is 3.37. The SMILES string of the molecule is CN(C)c1ccnc(Nc2ccc(I)cc2)c1C#N.